The first-order valence-corrected chi connectivity index (χ1v) is 10.7. The van der Waals surface area contributed by atoms with E-state index in [-0.39, 0.29) is 24.0 Å². The van der Waals surface area contributed by atoms with Crippen LogP contribution < -0.4 is 15.4 Å². The largest absolute Gasteiger partial charge is 0.491 e. The molecule has 0 radical (unpaired) electrons. The maximum atomic E-state index is 5.61. The van der Waals surface area contributed by atoms with Gasteiger partial charge in [-0.25, -0.2) is 0 Å². The van der Waals surface area contributed by atoms with Crippen molar-refractivity contribution in [3.8, 4) is 5.75 Å². The van der Waals surface area contributed by atoms with E-state index >= 15 is 0 Å². The number of hydrogen-bond acceptors (Lipinski definition) is 4. The van der Waals surface area contributed by atoms with E-state index in [4.69, 9.17) is 9.47 Å². The second-order valence-corrected chi connectivity index (χ2v) is 7.59. The van der Waals surface area contributed by atoms with Gasteiger partial charge in [0.2, 0.25) is 0 Å². The van der Waals surface area contributed by atoms with Gasteiger partial charge in [-0.15, -0.1) is 24.0 Å². The highest BCUT2D eigenvalue weighted by molar-refractivity contribution is 14.0. The van der Waals surface area contributed by atoms with Gasteiger partial charge in [-0.2, -0.15) is 0 Å². The van der Waals surface area contributed by atoms with E-state index in [0.29, 0.717) is 19.3 Å². The molecule has 2 aromatic carbocycles. The van der Waals surface area contributed by atoms with Crippen LogP contribution in [-0.4, -0.2) is 57.4 Å². The van der Waals surface area contributed by atoms with Crippen molar-refractivity contribution in [2.75, 3.05) is 40.5 Å². The zero-order valence-corrected chi connectivity index (χ0v) is 20.9. The Kier molecular flexibility index (Phi) is 11.7. The van der Waals surface area contributed by atoms with Gasteiger partial charge in [0.25, 0.3) is 0 Å². The number of likely N-dealkylation sites (tertiary alicyclic amines) is 1. The summed E-state index contributed by atoms with van der Waals surface area (Å²) >= 11 is 0. The minimum atomic E-state index is 0. The van der Waals surface area contributed by atoms with E-state index in [1.54, 1.807) is 7.11 Å². The second-order valence-electron chi connectivity index (χ2n) is 7.59. The molecule has 1 aliphatic heterocycles. The van der Waals surface area contributed by atoms with Crippen molar-refractivity contribution < 1.29 is 9.47 Å². The Balaban J connectivity index is 0.00000341. The number of rotatable bonds is 9. The van der Waals surface area contributed by atoms with Crippen molar-refractivity contribution in [1.29, 1.82) is 0 Å². The molecule has 2 N–H and O–H groups in total. The lowest BCUT2D eigenvalue weighted by atomic mass is 10.0. The number of nitrogens with zero attached hydrogens (tertiary/aromatic N) is 2. The highest BCUT2D eigenvalue weighted by atomic mass is 127. The summed E-state index contributed by atoms with van der Waals surface area (Å²) in [6.07, 6.45) is 2.25. The van der Waals surface area contributed by atoms with E-state index < -0.39 is 0 Å². The van der Waals surface area contributed by atoms with Crippen molar-refractivity contribution >= 4 is 29.9 Å². The molecule has 170 valence electrons. The van der Waals surface area contributed by atoms with Crippen molar-refractivity contribution in [1.82, 2.24) is 15.5 Å². The number of hydrogen-bond donors (Lipinski definition) is 2. The highest BCUT2D eigenvalue weighted by Crippen LogP contribution is 2.14. The van der Waals surface area contributed by atoms with Gasteiger partial charge in [0, 0.05) is 46.4 Å². The van der Waals surface area contributed by atoms with Gasteiger partial charge < -0.3 is 20.1 Å². The number of piperidine rings is 1. The molecule has 0 aliphatic carbocycles. The Bertz CT molecular complexity index is 763. The second kappa shape index (κ2) is 14.3. The normalized spacial score (nSPS) is 15.2. The molecule has 1 aliphatic rings. The summed E-state index contributed by atoms with van der Waals surface area (Å²) in [7, 11) is 3.50. The van der Waals surface area contributed by atoms with Crippen LogP contribution in [0.25, 0.3) is 0 Å². The first-order chi connectivity index (χ1) is 14.8. The topological polar surface area (TPSA) is 58.1 Å². The van der Waals surface area contributed by atoms with Crippen LogP contribution in [0.1, 0.15) is 24.0 Å². The van der Waals surface area contributed by atoms with Crippen LogP contribution in [0.3, 0.4) is 0 Å². The third-order valence-electron chi connectivity index (χ3n) is 5.34. The molecule has 3 rings (SSSR count). The van der Waals surface area contributed by atoms with Crippen LogP contribution in [-0.2, 0) is 17.8 Å². The van der Waals surface area contributed by atoms with Gasteiger partial charge >= 0.3 is 0 Å². The molecule has 0 saturated carbocycles. The fourth-order valence-corrected chi connectivity index (χ4v) is 3.60. The van der Waals surface area contributed by atoms with E-state index in [2.05, 4.69) is 63.0 Å². The maximum absolute atomic E-state index is 5.61. The van der Waals surface area contributed by atoms with Gasteiger partial charge in [-0.1, -0.05) is 42.5 Å². The van der Waals surface area contributed by atoms with Crippen molar-refractivity contribution in [2.24, 2.45) is 4.99 Å². The fraction of sp³-hybridized carbons (Fsp3) is 0.458. The number of benzene rings is 2. The first kappa shape index (κ1) is 25.4. The summed E-state index contributed by atoms with van der Waals surface area (Å²) < 4.78 is 10.6. The van der Waals surface area contributed by atoms with E-state index in [1.807, 2.05) is 19.2 Å². The molecule has 1 fully saturated rings. The number of ether oxygens (including phenoxy) is 2. The minimum absolute atomic E-state index is 0. The molecular formula is C24H35IN4O2. The van der Waals surface area contributed by atoms with Crippen molar-refractivity contribution in [3.05, 3.63) is 65.7 Å². The maximum Gasteiger partial charge on any atom is 0.191 e. The molecule has 6 nitrogen and oxygen atoms in total. The Morgan fingerprint density at radius 3 is 2.35 bits per heavy atom. The van der Waals surface area contributed by atoms with Crippen molar-refractivity contribution in [2.45, 2.75) is 32.0 Å². The Morgan fingerprint density at radius 1 is 1.00 bits per heavy atom. The summed E-state index contributed by atoms with van der Waals surface area (Å²) in [5, 5.41) is 7.00. The zero-order valence-electron chi connectivity index (χ0n) is 18.5. The predicted molar refractivity (Wildman–Crippen MR) is 137 cm³/mol. The molecule has 2 aromatic rings. The molecule has 0 aromatic heterocycles. The van der Waals surface area contributed by atoms with Gasteiger partial charge in [0.15, 0.2) is 5.96 Å². The van der Waals surface area contributed by atoms with Crippen LogP contribution in [0.4, 0.5) is 0 Å². The van der Waals surface area contributed by atoms with Crippen LogP contribution in [0.5, 0.6) is 5.75 Å². The summed E-state index contributed by atoms with van der Waals surface area (Å²) in [5.41, 5.74) is 2.58. The lowest BCUT2D eigenvalue weighted by Gasteiger charge is -2.33. The third-order valence-corrected chi connectivity index (χ3v) is 5.34. The molecule has 1 heterocycles. The molecule has 0 unspecified atom stereocenters. The summed E-state index contributed by atoms with van der Waals surface area (Å²) in [6.45, 7) is 5.13. The van der Waals surface area contributed by atoms with Crippen LogP contribution in [0, 0.1) is 0 Å². The standard InChI is InChI=1S/C24H34N4O2.HI/c1-25-24(26-18-20-8-10-23(11-9-20)30-17-16-29-2)27-22-12-14-28(15-13-22)19-21-6-4-3-5-7-21;/h3-11,22H,12-19H2,1-2H3,(H2,25,26,27);1H. The molecule has 7 heteroatoms. The van der Waals surface area contributed by atoms with E-state index in [1.165, 1.54) is 11.1 Å². The summed E-state index contributed by atoms with van der Waals surface area (Å²) in [5.74, 6) is 1.72. The van der Waals surface area contributed by atoms with Gasteiger partial charge in [-0.05, 0) is 36.1 Å². The average Bonchev–Trinajstić information content (AvgIpc) is 2.79. The van der Waals surface area contributed by atoms with Crippen molar-refractivity contribution in [3.63, 3.8) is 0 Å². The van der Waals surface area contributed by atoms with Gasteiger partial charge in [-0.3, -0.25) is 9.89 Å². The van der Waals surface area contributed by atoms with E-state index in [0.717, 1.165) is 50.7 Å². The van der Waals surface area contributed by atoms with Crippen LogP contribution >= 0.6 is 24.0 Å². The number of halogens is 1. The molecule has 1 saturated heterocycles. The summed E-state index contributed by atoms with van der Waals surface area (Å²) in [4.78, 5) is 6.92. The Morgan fingerprint density at radius 2 is 1.71 bits per heavy atom. The Labute approximate surface area is 203 Å². The zero-order chi connectivity index (χ0) is 21.0. The highest BCUT2D eigenvalue weighted by Gasteiger charge is 2.20. The quantitative estimate of drug-likeness (QED) is 0.221. The predicted octanol–water partition coefficient (Wildman–Crippen LogP) is 3.66. The number of nitrogens with one attached hydrogen (secondary N) is 2. The molecular weight excluding hydrogens is 503 g/mol. The molecule has 0 spiro atoms. The fourth-order valence-electron chi connectivity index (χ4n) is 3.60. The molecule has 0 bridgehead atoms. The van der Waals surface area contributed by atoms with Crippen LogP contribution in [0.2, 0.25) is 0 Å². The number of methoxy groups -OCH3 is 1. The number of guanidine groups is 1. The van der Waals surface area contributed by atoms with Crippen LogP contribution in [0.15, 0.2) is 59.6 Å². The average molecular weight is 538 g/mol. The summed E-state index contributed by atoms with van der Waals surface area (Å²) in [6, 6.07) is 19.3. The monoisotopic (exact) mass is 538 g/mol. The van der Waals surface area contributed by atoms with Gasteiger partial charge in [0.05, 0.1) is 6.61 Å². The number of aliphatic imine (C=N–C) groups is 1. The SMILES string of the molecule is CN=C(NCc1ccc(OCCOC)cc1)NC1CCN(Cc2ccccc2)CC1.I. The molecule has 0 atom stereocenters. The lowest BCUT2D eigenvalue weighted by Crippen LogP contribution is -2.48. The molecule has 0 amide bonds. The molecule has 31 heavy (non-hydrogen) atoms. The van der Waals surface area contributed by atoms with Gasteiger partial charge in [0.1, 0.15) is 12.4 Å². The first-order valence-electron chi connectivity index (χ1n) is 10.7. The third kappa shape index (κ3) is 9.04. The Hall–Kier alpha value is -1.84. The smallest absolute Gasteiger partial charge is 0.191 e. The minimum Gasteiger partial charge on any atom is -0.491 e. The lowest BCUT2D eigenvalue weighted by molar-refractivity contribution is 0.146. The van der Waals surface area contributed by atoms with E-state index in [9.17, 15) is 0 Å².